The molecule has 0 aliphatic heterocycles. The minimum Gasteiger partial charge on any atom is -0.494 e. The van der Waals surface area contributed by atoms with Gasteiger partial charge in [0.25, 0.3) is 0 Å². The van der Waals surface area contributed by atoms with Crippen LogP contribution < -0.4 is 16.2 Å². The molecule has 4 nitrogen and oxygen atoms in total. The number of hydrogen-bond donors (Lipinski definition) is 2. The SMILES string of the molecule is CCOc1ccc(C(N)CCC(N)=O)cc1. The molecule has 0 aromatic heterocycles. The van der Waals surface area contributed by atoms with Crippen LogP contribution in [-0.4, -0.2) is 12.5 Å². The van der Waals surface area contributed by atoms with Gasteiger partial charge in [0.05, 0.1) is 6.61 Å². The molecule has 1 rings (SSSR count). The van der Waals surface area contributed by atoms with Gasteiger partial charge in [-0.3, -0.25) is 4.79 Å². The van der Waals surface area contributed by atoms with Crippen molar-refractivity contribution in [1.29, 1.82) is 0 Å². The lowest BCUT2D eigenvalue weighted by molar-refractivity contribution is -0.118. The second-order valence-corrected chi connectivity index (χ2v) is 3.61. The van der Waals surface area contributed by atoms with Crippen molar-refractivity contribution in [1.82, 2.24) is 0 Å². The van der Waals surface area contributed by atoms with Crippen molar-refractivity contribution in [2.45, 2.75) is 25.8 Å². The first kappa shape index (κ1) is 12.5. The summed E-state index contributed by atoms with van der Waals surface area (Å²) in [4.78, 5) is 10.6. The summed E-state index contributed by atoms with van der Waals surface area (Å²) in [6, 6.07) is 7.43. The first-order valence-electron chi connectivity index (χ1n) is 5.40. The third kappa shape index (κ3) is 3.90. The van der Waals surface area contributed by atoms with Crippen LogP contribution in [0, 0.1) is 0 Å². The van der Waals surface area contributed by atoms with Gasteiger partial charge in [-0.05, 0) is 31.0 Å². The summed E-state index contributed by atoms with van der Waals surface area (Å²) < 4.78 is 5.32. The van der Waals surface area contributed by atoms with E-state index in [4.69, 9.17) is 16.2 Å². The smallest absolute Gasteiger partial charge is 0.217 e. The molecule has 1 unspecified atom stereocenters. The molecule has 0 heterocycles. The molecule has 4 heteroatoms. The van der Waals surface area contributed by atoms with Crippen LogP contribution in [-0.2, 0) is 4.79 Å². The third-order valence-corrected chi connectivity index (χ3v) is 2.32. The van der Waals surface area contributed by atoms with E-state index >= 15 is 0 Å². The van der Waals surface area contributed by atoms with Gasteiger partial charge in [-0.1, -0.05) is 12.1 Å². The Kier molecular flexibility index (Phi) is 4.79. The third-order valence-electron chi connectivity index (χ3n) is 2.32. The molecule has 0 saturated heterocycles. The maximum absolute atomic E-state index is 10.6. The van der Waals surface area contributed by atoms with Crippen molar-refractivity contribution >= 4 is 5.91 Å². The molecule has 0 saturated carbocycles. The van der Waals surface area contributed by atoms with Gasteiger partial charge in [0.1, 0.15) is 5.75 Å². The summed E-state index contributed by atoms with van der Waals surface area (Å²) in [6.07, 6.45) is 0.887. The van der Waals surface area contributed by atoms with E-state index in [1.54, 1.807) is 0 Å². The lowest BCUT2D eigenvalue weighted by atomic mass is 10.0. The minimum absolute atomic E-state index is 0.150. The molecule has 0 spiro atoms. The number of primary amides is 1. The van der Waals surface area contributed by atoms with Crippen molar-refractivity contribution in [3.05, 3.63) is 29.8 Å². The molecule has 1 atom stereocenters. The van der Waals surface area contributed by atoms with Gasteiger partial charge >= 0.3 is 0 Å². The van der Waals surface area contributed by atoms with E-state index in [2.05, 4.69) is 0 Å². The van der Waals surface area contributed by atoms with Crippen LogP contribution in [0.1, 0.15) is 31.4 Å². The van der Waals surface area contributed by atoms with Crippen LogP contribution in [0.2, 0.25) is 0 Å². The number of ether oxygens (including phenoxy) is 1. The molecule has 1 aromatic rings. The zero-order chi connectivity index (χ0) is 12.0. The fourth-order valence-electron chi connectivity index (χ4n) is 1.44. The fourth-order valence-corrected chi connectivity index (χ4v) is 1.44. The predicted molar refractivity (Wildman–Crippen MR) is 63.0 cm³/mol. The lowest BCUT2D eigenvalue weighted by Crippen LogP contribution is -2.16. The zero-order valence-electron chi connectivity index (χ0n) is 9.48. The summed E-state index contributed by atoms with van der Waals surface area (Å²) in [5, 5.41) is 0. The molecule has 0 radical (unpaired) electrons. The number of carbonyl (C=O) groups excluding carboxylic acids is 1. The van der Waals surface area contributed by atoms with Crippen molar-refractivity contribution < 1.29 is 9.53 Å². The van der Waals surface area contributed by atoms with E-state index in [1.165, 1.54) is 0 Å². The summed E-state index contributed by atoms with van der Waals surface area (Å²) >= 11 is 0. The highest BCUT2D eigenvalue weighted by atomic mass is 16.5. The van der Waals surface area contributed by atoms with E-state index in [0.29, 0.717) is 19.4 Å². The average Bonchev–Trinajstić information content (AvgIpc) is 2.27. The molecule has 1 aromatic carbocycles. The largest absolute Gasteiger partial charge is 0.494 e. The minimum atomic E-state index is -0.318. The fraction of sp³-hybridized carbons (Fsp3) is 0.417. The Labute approximate surface area is 95.6 Å². The molecule has 0 fully saturated rings. The standard InChI is InChI=1S/C12H18N2O2/c1-2-16-10-5-3-9(4-6-10)11(13)7-8-12(14)15/h3-6,11H,2,7-8,13H2,1H3,(H2,14,15). The highest BCUT2D eigenvalue weighted by Gasteiger charge is 2.07. The molecule has 4 N–H and O–H groups in total. The van der Waals surface area contributed by atoms with E-state index in [1.807, 2.05) is 31.2 Å². The van der Waals surface area contributed by atoms with E-state index in [-0.39, 0.29) is 11.9 Å². The molecule has 88 valence electrons. The Balaban J connectivity index is 2.55. The van der Waals surface area contributed by atoms with Gasteiger partial charge in [-0.15, -0.1) is 0 Å². The first-order valence-corrected chi connectivity index (χ1v) is 5.40. The van der Waals surface area contributed by atoms with Crippen LogP contribution >= 0.6 is 0 Å². The number of carbonyl (C=O) groups is 1. The second-order valence-electron chi connectivity index (χ2n) is 3.61. The molecular formula is C12H18N2O2. The quantitative estimate of drug-likeness (QED) is 0.762. The van der Waals surface area contributed by atoms with Crippen LogP contribution in [0.15, 0.2) is 24.3 Å². The van der Waals surface area contributed by atoms with E-state index < -0.39 is 0 Å². The first-order chi connectivity index (χ1) is 7.63. The molecule has 16 heavy (non-hydrogen) atoms. The average molecular weight is 222 g/mol. The van der Waals surface area contributed by atoms with Gasteiger partial charge < -0.3 is 16.2 Å². The van der Waals surface area contributed by atoms with Gasteiger partial charge in [-0.2, -0.15) is 0 Å². The Morgan fingerprint density at radius 2 is 2.00 bits per heavy atom. The van der Waals surface area contributed by atoms with Gasteiger partial charge in [0, 0.05) is 12.5 Å². The summed E-state index contributed by atoms with van der Waals surface area (Å²) in [5.74, 6) is 0.509. The summed E-state index contributed by atoms with van der Waals surface area (Å²) in [6.45, 7) is 2.58. The molecule has 0 bridgehead atoms. The molecule has 0 aliphatic rings. The Bertz CT molecular complexity index is 335. The number of amides is 1. The van der Waals surface area contributed by atoms with Crippen LogP contribution in [0.4, 0.5) is 0 Å². The number of nitrogens with two attached hydrogens (primary N) is 2. The Morgan fingerprint density at radius 3 is 2.50 bits per heavy atom. The normalized spacial score (nSPS) is 12.1. The van der Waals surface area contributed by atoms with Crippen molar-refractivity contribution in [2.24, 2.45) is 11.5 Å². The van der Waals surface area contributed by atoms with Gasteiger partial charge in [0.15, 0.2) is 0 Å². The topological polar surface area (TPSA) is 78.3 Å². The van der Waals surface area contributed by atoms with Crippen molar-refractivity contribution in [2.75, 3.05) is 6.61 Å². The van der Waals surface area contributed by atoms with Crippen molar-refractivity contribution in [3.63, 3.8) is 0 Å². The van der Waals surface area contributed by atoms with Crippen LogP contribution in [0.3, 0.4) is 0 Å². The summed E-state index contributed by atoms with van der Waals surface area (Å²) in [7, 11) is 0. The zero-order valence-corrected chi connectivity index (χ0v) is 9.48. The maximum Gasteiger partial charge on any atom is 0.217 e. The monoisotopic (exact) mass is 222 g/mol. The molecular weight excluding hydrogens is 204 g/mol. The lowest BCUT2D eigenvalue weighted by Gasteiger charge is -2.11. The highest BCUT2D eigenvalue weighted by Crippen LogP contribution is 2.19. The predicted octanol–water partition coefficient (Wildman–Crippen LogP) is 1.35. The van der Waals surface area contributed by atoms with Crippen molar-refractivity contribution in [3.8, 4) is 5.75 Å². The van der Waals surface area contributed by atoms with E-state index in [9.17, 15) is 4.79 Å². The Morgan fingerprint density at radius 1 is 1.38 bits per heavy atom. The van der Waals surface area contributed by atoms with Gasteiger partial charge in [0.2, 0.25) is 5.91 Å². The van der Waals surface area contributed by atoms with Crippen LogP contribution in [0.5, 0.6) is 5.75 Å². The van der Waals surface area contributed by atoms with E-state index in [0.717, 1.165) is 11.3 Å². The maximum atomic E-state index is 10.6. The number of rotatable bonds is 6. The molecule has 0 aliphatic carbocycles. The Hall–Kier alpha value is -1.55. The van der Waals surface area contributed by atoms with Gasteiger partial charge in [-0.25, -0.2) is 0 Å². The second kappa shape index (κ2) is 6.12. The molecule has 1 amide bonds. The highest BCUT2D eigenvalue weighted by molar-refractivity contribution is 5.73. The number of hydrogen-bond acceptors (Lipinski definition) is 3. The number of benzene rings is 1. The summed E-state index contributed by atoms with van der Waals surface area (Å²) in [5.41, 5.74) is 12.0. The van der Waals surface area contributed by atoms with Crippen LogP contribution in [0.25, 0.3) is 0 Å².